The van der Waals surface area contributed by atoms with Crippen LogP contribution in [0.5, 0.6) is 0 Å². The van der Waals surface area contributed by atoms with Gasteiger partial charge in [0.05, 0.1) is 0 Å². The molecule has 0 aromatic heterocycles. The van der Waals surface area contributed by atoms with E-state index >= 15 is 0 Å². The zero-order valence-corrected chi connectivity index (χ0v) is 6.72. The molecular weight excluding hydrogens is 122 g/mol. The minimum absolute atomic E-state index is 0.716. The average molecular weight is 137 g/mol. The van der Waals surface area contributed by atoms with E-state index in [4.69, 9.17) is 0 Å². The van der Waals surface area contributed by atoms with Crippen molar-refractivity contribution in [2.45, 2.75) is 13.3 Å². The van der Waals surface area contributed by atoms with Gasteiger partial charge in [0.1, 0.15) is 0 Å². The molecule has 1 aliphatic carbocycles. The van der Waals surface area contributed by atoms with E-state index in [2.05, 4.69) is 30.5 Å². The molecule has 1 N–H and O–H groups in total. The number of rotatable bonds is 2. The Morgan fingerprint density at radius 1 is 1.70 bits per heavy atom. The lowest BCUT2D eigenvalue weighted by atomic mass is 9.97. The third-order valence-corrected chi connectivity index (χ3v) is 1.84. The summed E-state index contributed by atoms with van der Waals surface area (Å²) >= 11 is 0. The van der Waals surface area contributed by atoms with Crippen molar-refractivity contribution in [2.24, 2.45) is 5.92 Å². The molecule has 1 atom stereocenters. The molecule has 56 valence electrons. The Morgan fingerprint density at radius 3 is 3.00 bits per heavy atom. The number of nitrogens with one attached hydrogen (secondary N) is 1. The van der Waals surface area contributed by atoms with Crippen LogP contribution in [0.1, 0.15) is 13.3 Å². The van der Waals surface area contributed by atoms with E-state index in [9.17, 15) is 0 Å². The first-order valence-corrected chi connectivity index (χ1v) is 3.82. The Kier molecular flexibility index (Phi) is 2.69. The maximum atomic E-state index is 3.17. The molecule has 0 amide bonds. The molecule has 0 fully saturated rings. The molecule has 1 nitrogen and oxygen atoms in total. The van der Waals surface area contributed by atoms with E-state index in [0.717, 1.165) is 6.54 Å². The third-order valence-electron chi connectivity index (χ3n) is 1.84. The molecule has 1 heteroatoms. The second-order valence-electron chi connectivity index (χ2n) is 2.86. The van der Waals surface area contributed by atoms with Gasteiger partial charge in [-0.1, -0.05) is 23.8 Å². The Labute approximate surface area is 62.8 Å². The highest BCUT2D eigenvalue weighted by atomic mass is 14.8. The quantitative estimate of drug-likeness (QED) is 0.611. The molecular formula is C9H15N. The minimum Gasteiger partial charge on any atom is -0.319 e. The summed E-state index contributed by atoms with van der Waals surface area (Å²) in [4.78, 5) is 0. The lowest BCUT2D eigenvalue weighted by molar-refractivity contribution is 0.599. The van der Waals surface area contributed by atoms with Crippen LogP contribution < -0.4 is 5.32 Å². The van der Waals surface area contributed by atoms with Crippen LogP contribution in [0.3, 0.4) is 0 Å². The maximum absolute atomic E-state index is 3.17. The molecule has 0 spiro atoms. The Balaban J connectivity index is 2.37. The predicted molar refractivity (Wildman–Crippen MR) is 44.9 cm³/mol. The van der Waals surface area contributed by atoms with Gasteiger partial charge in [0.15, 0.2) is 0 Å². The zero-order chi connectivity index (χ0) is 7.40. The smallest absolute Gasteiger partial charge is 0.00143 e. The summed E-state index contributed by atoms with van der Waals surface area (Å²) in [5.41, 5.74) is 1.40. The van der Waals surface area contributed by atoms with Gasteiger partial charge in [0, 0.05) is 6.54 Å². The fourth-order valence-electron chi connectivity index (χ4n) is 1.19. The van der Waals surface area contributed by atoms with Gasteiger partial charge in [-0.15, -0.1) is 0 Å². The summed E-state index contributed by atoms with van der Waals surface area (Å²) in [5.74, 6) is 0.716. The van der Waals surface area contributed by atoms with E-state index in [1.54, 1.807) is 0 Å². The molecule has 0 heterocycles. The van der Waals surface area contributed by atoms with Gasteiger partial charge in [-0.05, 0) is 26.3 Å². The summed E-state index contributed by atoms with van der Waals surface area (Å²) in [6.07, 6.45) is 7.97. The van der Waals surface area contributed by atoms with Crippen molar-refractivity contribution in [2.75, 3.05) is 13.6 Å². The van der Waals surface area contributed by atoms with Crippen LogP contribution in [-0.4, -0.2) is 13.6 Å². The minimum atomic E-state index is 0.716. The van der Waals surface area contributed by atoms with E-state index in [1.165, 1.54) is 12.0 Å². The van der Waals surface area contributed by atoms with E-state index in [1.807, 2.05) is 7.05 Å². The molecule has 1 aliphatic rings. The largest absolute Gasteiger partial charge is 0.319 e. The molecule has 0 aromatic rings. The molecule has 0 bridgehead atoms. The highest BCUT2D eigenvalue weighted by Gasteiger charge is 2.04. The molecule has 1 unspecified atom stereocenters. The van der Waals surface area contributed by atoms with Crippen molar-refractivity contribution in [3.05, 3.63) is 23.8 Å². The summed E-state index contributed by atoms with van der Waals surface area (Å²) in [6.45, 7) is 3.24. The number of hydrogen-bond donors (Lipinski definition) is 1. The summed E-state index contributed by atoms with van der Waals surface area (Å²) in [5, 5.41) is 3.17. The lowest BCUT2D eigenvalue weighted by Gasteiger charge is -2.13. The summed E-state index contributed by atoms with van der Waals surface area (Å²) < 4.78 is 0. The van der Waals surface area contributed by atoms with Crippen molar-refractivity contribution in [1.82, 2.24) is 5.32 Å². The van der Waals surface area contributed by atoms with Crippen LogP contribution in [0, 0.1) is 5.92 Å². The van der Waals surface area contributed by atoms with Crippen LogP contribution in [-0.2, 0) is 0 Å². The van der Waals surface area contributed by atoms with Gasteiger partial charge in [-0.25, -0.2) is 0 Å². The number of hydrogen-bond acceptors (Lipinski definition) is 1. The van der Waals surface area contributed by atoms with Crippen LogP contribution in [0.25, 0.3) is 0 Å². The first kappa shape index (κ1) is 7.55. The third kappa shape index (κ3) is 1.99. The SMILES string of the molecule is CNCC1C=CC(C)=CC1. The van der Waals surface area contributed by atoms with E-state index in [-0.39, 0.29) is 0 Å². The topological polar surface area (TPSA) is 12.0 Å². The van der Waals surface area contributed by atoms with E-state index in [0.29, 0.717) is 5.92 Å². The first-order chi connectivity index (χ1) is 4.83. The molecule has 0 radical (unpaired) electrons. The fourth-order valence-corrected chi connectivity index (χ4v) is 1.19. The molecule has 0 aromatic carbocycles. The standard InChI is InChI=1S/C9H15N/c1-8-3-5-9(6-4-8)7-10-2/h3-5,9-10H,6-7H2,1-2H3. The lowest BCUT2D eigenvalue weighted by Crippen LogP contribution is -2.17. The molecule has 0 aliphatic heterocycles. The van der Waals surface area contributed by atoms with Crippen molar-refractivity contribution >= 4 is 0 Å². The maximum Gasteiger partial charge on any atom is 0.00143 e. The Morgan fingerprint density at radius 2 is 2.50 bits per heavy atom. The highest BCUT2D eigenvalue weighted by molar-refractivity contribution is 5.21. The fraction of sp³-hybridized carbons (Fsp3) is 0.556. The zero-order valence-electron chi connectivity index (χ0n) is 6.72. The van der Waals surface area contributed by atoms with E-state index < -0.39 is 0 Å². The van der Waals surface area contributed by atoms with Crippen LogP contribution >= 0.6 is 0 Å². The van der Waals surface area contributed by atoms with Crippen molar-refractivity contribution in [3.63, 3.8) is 0 Å². The first-order valence-electron chi connectivity index (χ1n) is 3.82. The van der Waals surface area contributed by atoms with Gasteiger partial charge in [0.25, 0.3) is 0 Å². The average Bonchev–Trinajstić information content (AvgIpc) is 1.95. The van der Waals surface area contributed by atoms with Gasteiger partial charge < -0.3 is 5.32 Å². The van der Waals surface area contributed by atoms with Gasteiger partial charge in [0.2, 0.25) is 0 Å². The van der Waals surface area contributed by atoms with Gasteiger partial charge >= 0.3 is 0 Å². The molecule has 0 saturated carbocycles. The normalized spacial score (nSPS) is 24.6. The van der Waals surface area contributed by atoms with Crippen LogP contribution in [0.15, 0.2) is 23.8 Å². The molecule has 0 saturated heterocycles. The monoisotopic (exact) mass is 137 g/mol. The second kappa shape index (κ2) is 3.57. The van der Waals surface area contributed by atoms with Gasteiger partial charge in [-0.2, -0.15) is 0 Å². The Hall–Kier alpha value is -0.560. The molecule has 10 heavy (non-hydrogen) atoms. The van der Waals surface area contributed by atoms with Crippen LogP contribution in [0.4, 0.5) is 0 Å². The Bertz CT molecular complexity index is 156. The summed E-state index contributed by atoms with van der Waals surface area (Å²) in [6, 6.07) is 0. The predicted octanol–water partition coefficient (Wildman–Crippen LogP) is 1.73. The second-order valence-corrected chi connectivity index (χ2v) is 2.86. The van der Waals surface area contributed by atoms with Crippen molar-refractivity contribution in [3.8, 4) is 0 Å². The van der Waals surface area contributed by atoms with Gasteiger partial charge in [-0.3, -0.25) is 0 Å². The highest BCUT2D eigenvalue weighted by Crippen LogP contribution is 2.14. The van der Waals surface area contributed by atoms with Crippen molar-refractivity contribution in [1.29, 1.82) is 0 Å². The molecule has 1 rings (SSSR count). The van der Waals surface area contributed by atoms with Crippen LogP contribution in [0.2, 0.25) is 0 Å². The number of allylic oxidation sites excluding steroid dienone is 3. The van der Waals surface area contributed by atoms with Crippen molar-refractivity contribution < 1.29 is 0 Å². The summed E-state index contributed by atoms with van der Waals surface area (Å²) in [7, 11) is 2.00.